The summed E-state index contributed by atoms with van der Waals surface area (Å²) in [7, 11) is 1.61. The van der Waals surface area contributed by atoms with E-state index in [-0.39, 0.29) is 5.78 Å². The average molecular weight is 289 g/mol. The van der Waals surface area contributed by atoms with E-state index >= 15 is 0 Å². The summed E-state index contributed by atoms with van der Waals surface area (Å²) in [5, 5.41) is 0. The van der Waals surface area contributed by atoms with Gasteiger partial charge in [0.25, 0.3) is 0 Å². The molecule has 0 bridgehead atoms. The average Bonchev–Trinajstić information content (AvgIpc) is 2.46. The fraction of sp³-hybridized carbons (Fsp3) is 0.611. The lowest BCUT2D eigenvalue weighted by molar-refractivity contribution is 0.0819. The molecule has 2 rings (SSSR count). The van der Waals surface area contributed by atoms with Gasteiger partial charge in [-0.3, -0.25) is 9.69 Å². The Morgan fingerprint density at radius 2 is 1.86 bits per heavy atom. The van der Waals surface area contributed by atoms with Crippen molar-refractivity contribution in [3.8, 4) is 5.75 Å². The van der Waals surface area contributed by atoms with Crippen LogP contribution in [0.4, 0.5) is 0 Å². The summed E-state index contributed by atoms with van der Waals surface area (Å²) in [5.41, 5.74) is 1.07. The molecule has 0 radical (unpaired) electrons. The highest BCUT2D eigenvalue weighted by atomic mass is 16.5. The van der Waals surface area contributed by atoms with E-state index in [1.807, 2.05) is 24.3 Å². The van der Waals surface area contributed by atoms with Crippen molar-refractivity contribution in [3.63, 3.8) is 0 Å². The van der Waals surface area contributed by atoms with E-state index in [0.29, 0.717) is 23.3 Å². The molecule has 0 amide bonds. The van der Waals surface area contributed by atoms with Crippen LogP contribution in [0.1, 0.15) is 44.0 Å². The number of methoxy groups -OCH3 is 1. The Labute approximate surface area is 128 Å². The number of carbonyl (C=O) groups excluding carboxylic acids is 1. The zero-order valence-corrected chi connectivity index (χ0v) is 13.7. The molecule has 0 saturated carbocycles. The molecule has 0 unspecified atom stereocenters. The summed E-state index contributed by atoms with van der Waals surface area (Å²) < 4.78 is 5.28. The van der Waals surface area contributed by atoms with Crippen LogP contribution < -0.4 is 4.74 Å². The van der Waals surface area contributed by atoms with Crippen molar-refractivity contribution in [2.24, 2.45) is 11.3 Å². The number of rotatable bonds is 4. The van der Waals surface area contributed by atoms with Crippen LogP contribution in [-0.4, -0.2) is 37.4 Å². The normalized spacial score (nSPS) is 17.7. The van der Waals surface area contributed by atoms with Crippen molar-refractivity contribution in [2.45, 2.75) is 33.6 Å². The maximum atomic E-state index is 12.4. The second-order valence-electron chi connectivity index (χ2n) is 7.04. The summed E-state index contributed by atoms with van der Waals surface area (Å²) in [6.45, 7) is 9.47. The summed E-state index contributed by atoms with van der Waals surface area (Å²) in [4.78, 5) is 14.7. The van der Waals surface area contributed by atoms with E-state index in [1.165, 1.54) is 12.8 Å². The standard InChI is InChI=1S/C18H27NO2/c1-18(2,3)14-9-11-19(12-10-14)13-16(20)15-7-5-6-8-17(15)21-4/h5-8,14H,9-13H2,1-4H3. The molecule has 1 saturated heterocycles. The third-order valence-corrected chi connectivity index (χ3v) is 4.59. The quantitative estimate of drug-likeness (QED) is 0.793. The molecule has 1 aromatic rings. The van der Waals surface area contributed by atoms with Crippen LogP contribution >= 0.6 is 0 Å². The molecule has 3 heteroatoms. The topological polar surface area (TPSA) is 29.5 Å². The molecule has 0 spiro atoms. The molecule has 0 aromatic heterocycles. The molecule has 21 heavy (non-hydrogen) atoms. The number of benzene rings is 1. The van der Waals surface area contributed by atoms with Crippen LogP contribution in [0.2, 0.25) is 0 Å². The van der Waals surface area contributed by atoms with Crippen LogP contribution in [0, 0.1) is 11.3 Å². The van der Waals surface area contributed by atoms with Gasteiger partial charge in [-0.1, -0.05) is 32.9 Å². The number of carbonyl (C=O) groups is 1. The van der Waals surface area contributed by atoms with Gasteiger partial charge in [-0.2, -0.15) is 0 Å². The van der Waals surface area contributed by atoms with Crippen LogP contribution in [0.3, 0.4) is 0 Å². The van der Waals surface area contributed by atoms with Gasteiger partial charge in [-0.15, -0.1) is 0 Å². The first-order valence-corrected chi connectivity index (χ1v) is 7.80. The predicted molar refractivity (Wildman–Crippen MR) is 85.9 cm³/mol. The van der Waals surface area contributed by atoms with Gasteiger partial charge in [0.1, 0.15) is 5.75 Å². The molecule has 116 valence electrons. The van der Waals surface area contributed by atoms with Gasteiger partial charge >= 0.3 is 0 Å². The van der Waals surface area contributed by atoms with Crippen molar-refractivity contribution in [3.05, 3.63) is 29.8 Å². The van der Waals surface area contributed by atoms with Crippen LogP contribution in [0.25, 0.3) is 0 Å². The first-order chi connectivity index (χ1) is 9.91. The summed E-state index contributed by atoms with van der Waals surface area (Å²) >= 11 is 0. The zero-order valence-electron chi connectivity index (χ0n) is 13.7. The third kappa shape index (κ3) is 4.07. The minimum Gasteiger partial charge on any atom is -0.496 e. The highest BCUT2D eigenvalue weighted by Crippen LogP contribution is 2.34. The summed E-state index contributed by atoms with van der Waals surface area (Å²) in [6.07, 6.45) is 2.37. The molecular weight excluding hydrogens is 262 g/mol. The molecule has 1 aromatic carbocycles. The van der Waals surface area contributed by atoms with E-state index in [9.17, 15) is 4.79 Å². The van der Waals surface area contributed by atoms with Crippen molar-refractivity contribution in [2.75, 3.05) is 26.7 Å². The Hall–Kier alpha value is -1.35. The molecule has 1 fully saturated rings. The Balaban J connectivity index is 1.93. The van der Waals surface area contributed by atoms with Gasteiger partial charge < -0.3 is 4.74 Å². The number of nitrogens with zero attached hydrogens (tertiary/aromatic N) is 1. The molecule has 1 aliphatic rings. The summed E-state index contributed by atoms with van der Waals surface area (Å²) in [5.74, 6) is 1.59. The van der Waals surface area contributed by atoms with Gasteiger partial charge in [-0.05, 0) is 49.4 Å². The molecule has 0 aliphatic carbocycles. The molecule has 0 N–H and O–H groups in total. The fourth-order valence-corrected chi connectivity index (χ4v) is 3.12. The summed E-state index contributed by atoms with van der Waals surface area (Å²) in [6, 6.07) is 7.48. The minimum atomic E-state index is 0.154. The van der Waals surface area contributed by atoms with Crippen molar-refractivity contribution >= 4 is 5.78 Å². The van der Waals surface area contributed by atoms with Gasteiger partial charge in [0.15, 0.2) is 5.78 Å². The van der Waals surface area contributed by atoms with Crippen molar-refractivity contribution in [1.82, 2.24) is 4.90 Å². The van der Waals surface area contributed by atoms with E-state index in [0.717, 1.165) is 19.0 Å². The molecule has 1 aliphatic heterocycles. The third-order valence-electron chi connectivity index (χ3n) is 4.59. The fourth-order valence-electron chi connectivity index (χ4n) is 3.12. The monoisotopic (exact) mass is 289 g/mol. The van der Waals surface area contributed by atoms with E-state index in [2.05, 4.69) is 25.7 Å². The number of hydrogen-bond acceptors (Lipinski definition) is 3. The number of ether oxygens (including phenoxy) is 1. The number of piperidine rings is 1. The largest absolute Gasteiger partial charge is 0.496 e. The molecular formula is C18H27NO2. The lowest BCUT2D eigenvalue weighted by atomic mass is 9.75. The van der Waals surface area contributed by atoms with Gasteiger partial charge in [-0.25, -0.2) is 0 Å². The van der Waals surface area contributed by atoms with E-state index < -0.39 is 0 Å². The van der Waals surface area contributed by atoms with Gasteiger partial charge in [0, 0.05) is 0 Å². The molecule has 1 heterocycles. The number of para-hydroxylation sites is 1. The Kier molecular flexibility index (Phi) is 5.04. The van der Waals surface area contributed by atoms with Crippen molar-refractivity contribution < 1.29 is 9.53 Å². The second kappa shape index (κ2) is 6.61. The van der Waals surface area contributed by atoms with Crippen LogP contribution in [0.5, 0.6) is 5.75 Å². The Bertz CT molecular complexity index is 482. The van der Waals surface area contributed by atoms with Gasteiger partial charge in [0.05, 0.1) is 19.2 Å². The lowest BCUT2D eigenvalue weighted by Gasteiger charge is -2.38. The predicted octanol–water partition coefficient (Wildman–Crippen LogP) is 3.64. The number of hydrogen-bond donors (Lipinski definition) is 0. The number of Topliss-reactive ketones (excluding diaryl/α,β-unsaturated/α-hetero) is 1. The van der Waals surface area contributed by atoms with Crippen LogP contribution in [-0.2, 0) is 0 Å². The highest BCUT2D eigenvalue weighted by Gasteiger charge is 2.29. The van der Waals surface area contributed by atoms with Crippen molar-refractivity contribution in [1.29, 1.82) is 0 Å². The molecule has 0 atom stereocenters. The van der Waals surface area contributed by atoms with Gasteiger partial charge in [0.2, 0.25) is 0 Å². The molecule has 3 nitrogen and oxygen atoms in total. The smallest absolute Gasteiger partial charge is 0.180 e. The SMILES string of the molecule is COc1ccccc1C(=O)CN1CCC(C(C)(C)C)CC1. The minimum absolute atomic E-state index is 0.154. The van der Waals surface area contributed by atoms with Crippen LogP contribution in [0.15, 0.2) is 24.3 Å². The highest BCUT2D eigenvalue weighted by molar-refractivity contribution is 6.00. The lowest BCUT2D eigenvalue weighted by Crippen LogP contribution is -2.40. The van der Waals surface area contributed by atoms with E-state index in [4.69, 9.17) is 4.74 Å². The van der Waals surface area contributed by atoms with E-state index in [1.54, 1.807) is 7.11 Å². The first kappa shape index (κ1) is 16.0. The second-order valence-corrected chi connectivity index (χ2v) is 7.04. The Morgan fingerprint density at radius 1 is 1.24 bits per heavy atom. The Morgan fingerprint density at radius 3 is 2.43 bits per heavy atom. The number of likely N-dealkylation sites (tertiary alicyclic amines) is 1. The first-order valence-electron chi connectivity index (χ1n) is 7.80. The maximum Gasteiger partial charge on any atom is 0.180 e. The maximum absolute atomic E-state index is 12.4. The number of ketones is 1. The zero-order chi connectivity index (χ0) is 15.5.